The molecule has 0 aliphatic carbocycles. The Morgan fingerprint density at radius 1 is 1.15 bits per heavy atom. The van der Waals surface area contributed by atoms with E-state index < -0.39 is 0 Å². The summed E-state index contributed by atoms with van der Waals surface area (Å²) >= 11 is 0. The van der Waals surface area contributed by atoms with Crippen LogP contribution >= 0.6 is 0 Å². The normalized spacial score (nSPS) is 12.2. The van der Waals surface area contributed by atoms with Gasteiger partial charge in [0.05, 0.1) is 12.6 Å². The Kier molecular flexibility index (Phi) is 5.16. The van der Waals surface area contributed by atoms with Crippen molar-refractivity contribution in [1.29, 1.82) is 0 Å². The lowest BCUT2D eigenvalue weighted by Crippen LogP contribution is -2.20. The molecule has 3 N–H and O–H groups in total. The van der Waals surface area contributed by atoms with Crippen LogP contribution in [0.3, 0.4) is 0 Å². The molecule has 20 heavy (non-hydrogen) atoms. The Hall–Kier alpha value is -1.84. The zero-order valence-corrected chi connectivity index (χ0v) is 12.1. The lowest BCUT2D eigenvalue weighted by atomic mass is 10.0. The lowest BCUT2D eigenvalue weighted by Gasteiger charge is -2.19. The van der Waals surface area contributed by atoms with Gasteiger partial charge in [-0.3, -0.25) is 0 Å². The van der Waals surface area contributed by atoms with Gasteiger partial charge < -0.3 is 15.8 Å². The number of hydrogen-bond donors (Lipinski definition) is 2. The average Bonchev–Trinajstić information content (AvgIpc) is 2.47. The fraction of sp³-hybridized carbons (Fsp3) is 0.294. The highest BCUT2D eigenvalue weighted by Crippen LogP contribution is 2.20. The first kappa shape index (κ1) is 14.6. The molecule has 0 aromatic heterocycles. The van der Waals surface area contributed by atoms with Gasteiger partial charge in [-0.05, 0) is 30.2 Å². The summed E-state index contributed by atoms with van der Waals surface area (Å²) in [6.07, 6.45) is 0. The van der Waals surface area contributed by atoms with Gasteiger partial charge in [-0.2, -0.15) is 0 Å². The van der Waals surface area contributed by atoms with Crippen molar-refractivity contribution >= 4 is 5.69 Å². The van der Waals surface area contributed by atoms with Crippen LogP contribution in [0.5, 0.6) is 0 Å². The van der Waals surface area contributed by atoms with E-state index in [0.29, 0.717) is 13.2 Å². The summed E-state index contributed by atoms with van der Waals surface area (Å²) in [5.74, 6) is 0. The summed E-state index contributed by atoms with van der Waals surface area (Å²) in [4.78, 5) is 0. The molecule has 0 fully saturated rings. The fourth-order valence-electron chi connectivity index (χ4n) is 2.20. The third kappa shape index (κ3) is 3.83. The molecule has 0 aliphatic heterocycles. The fourth-order valence-corrected chi connectivity index (χ4v) is 2.20. The zero-order chi connectivity index (χ0) is 14.4. The van der Waals surface area contributed by atoms with Crippen molar-refractivity contribution in [2.75, 3.05) is 19.0 Å². The molecule has 0 saturated heterocycles. The Bertz CT molecular complexity index is 537. The average molecular weight is 270 g/mol. The van der Waals surface area contributed by atoms with Crippen LogP contribution < -0.4 is 11.1 Å². The Balaban J connectivity index is 2.15. The number of anilines is 1. The summed E-state index contributed by atoms with van der Waals surface area (Å²) in [5.41, 5.74) is 10.6. The van der Waals surface area contributed by atoms with Gasteiger partial charge in [-0.25, -0.2) is 0 Å². The number of nitrogens with two attached hydrogens (primary N) is 1. The lowest BCUT2D eigenvalue weighted by molar-refractivity contribution is 0.185. The maximum atomic E-state index is 5.91. The van der Waals surface area contributed by atoms with E-state index in [2.05, 4.69) is 54.7 Å². The van der Waals surface area contributed by atoms with Crippen molar-refractivity contribution in [3.05, 3.63) is 65.2 Å². The maximum absolute atomic E-state index is 5.91. The maximum Gasteiger partial charge on any atom is 0.0713 e. The Labute approximate surface area is 120 Å². The minimum atomic E-state index is 0.106. The summed E-state index contributed by atoms with van der Waals surface area (Å²) < 4.78 is 5.18. The van der Waals surface area contributed by atoms with E-state index in [9.17, 15) is 0 Å². The molecule has 2 aromatic rings. The minimum absolute atomic E-state index is 0.106. The standard InChI is InChI=1S/C17H22N2O/c1-13-6-8-16(9-7-13)19-17(11-18)15-5-3-4-14(10-15)12-20-2/h3-10,17,19H,11-12,18H2,1-2H3. The predicted octanol–water partition coefficient (Wildman–Crippen LogP) is 3.25. The third-order valence-corrected chi connectivity index (χ3v) is 3.29. The van der Waals surface area contributed by atoms with Crippen LogP contribution in [0.15, 0.2) is 48.5 Å². The van der Waals surface area contributed by atoms with Crippen LogP contribution in [0.1, 0.15) is 22.7 Å². The Morgan fingerprint density at radius 2 is 1.90 bits per heavy atom. The van der Waals surface area contributed by atoms with Crippen LogP contribution in [0.25, 0.3) is 0 Å². The molecule has 0 amide bonds. The van der Waals surface area contributed by atoms with Gasteiger partial charge in [-0.15, -0.1) is 0 Å². The number of benzene rings is 2. The second-order valence-electron chi connectivity index (χ2n) is 4.98. The van der Waals surface area contributed by atoms with Gasteiger partial charge in [-0.1, -0.05) is 42.0 Å². The predicted molar refractivity (Wildman–Crippen MR) is 83.8 cm³/mol. The van der Waals surface area contributed by atoms with Gasteiger partial charge in [0, 0.05) is 19.3 Å². The van der Waals surface area contributed by atoms with Crippen LogP contribution in [-0.4, -0.2) is 13.7 Å². The summed E-state index contributed by atoms with van der Waals surface area (Å²) in [5, 5.41) is 3.48. The molecule has 2 rings (SSSR count). The van der Waals surface area contributed by atoms with Crippen LogP contribution in [0.2, 0.25) is 0 Å². The number of hydrogen-bond acceptors (Lipinski definition) is 3. The smallest absolute Gasteiger partial charge is 0.0713 e. The van der Waals surface area contributed by atoms with Gasteiger partial charge in [0.25, 0.3) is 0 Å². The van der Waals surface area contributed by atoms with Crippen molar-refractivity contribution in [1.82, 2.24) is 0 Å². The molecule has 1 atom stereocenters. The first-order valence-electron chi connectivity index (χ1n) is 6.84. The second-order valence-corrected chi connectivity index (χ2v) is 4.98. The van der Waals surface area contributed by atoms with E-state index in [4.69, 9.17) is 10.5 Å². The molecule has 1 unspecified atom stereocenters. The molecule has 0 radical (unpaired) electrons. The highest BCUT2D eigenvalue weighted by molar-refractivity contribution is 5.47. The molecule has 2 aromatic carbocycles. The monoisotopic (exact) mass is 270 g/mol. The zero-order valence-electron chi connectivity index (χ0n) is 12.1. The van der Waals surface area contributed by atoms with Gasteiger partial charge in [0.2, 0.25) is 0 Å². The van der Waals surface area contributed by atoms with Crippen molar-refractivity contribution in [3.63, 3.8) is 0 Å². The second kappa shape index (κ2) is 7.08. The van der Waals surface area contributed by atoms with Crippen LogP contribution in [0, 0.1) is 6.92 Å². The van der Waals surface area contributed by atoms with Gasteiger partial charge in [0.15, 0.2) is 0 Å². The van der Waals surface area contributed by atoms with Gasteiger partial charge in [0.1, 0.15) is 0 Å². The van der Waals surface area contributed by atoms with Crippen LogP contribution in [-0.2, 0) is 11.3 Å². The van der Waals surface area contributed by atoms with Crippen molar-refractivity contribution < 1.29 is 4.74 Å². The Morgan fingerprint density at radius 3 is 2.55 bits per heavy atom. The van der Waals surface area contributed by atoms with E-state index in [-0.39, 0.29) is 6.04 Å². The number of nitrogens with one attached hydrogen (secondary N) is 1. The number of rotatable bonds is 6. The topological polar surface area (TPSA) is 47.3 Å². The highest BCUT2D eigenvalue weighted by Gasteiger charge is 2.10. The molecule has 0 heterocycles. The summed E-state index contributed by atoms with van der Waals surface area (Å²) in [7, 11) is 1.71. The molecular formula is C17H22N2O. The van der Waals surface area contributed by atoms with E-state index in [1.54, 1.807) is 7.11 Å². The van der Waals surface area contributed by atoms with Crippen molar-refractivity contribution in [2.45, 2.75) is 19.6 Å². The third-order valence-electron chi connectivity index (χ3n) is 3.29. The first-order valence-corrected chi connectivity index (χ1v) is 6.84. The molecule has 0 saturated carbocycles. The summed E-state index contributed by atoms with van der Waals surface area (Å²) in [6, 6.07) is 16.8. The molecule has 106 valence electrons. The van der Waals surface area contributed by atoms with Gasteiger partial charge >= 0.3 is 0 Å². The number of ether oxygens (including phenoxy) is 1. The molecule has 3 heteroatoms. The molecule has 0 bridgehead atoms. The molecular weight excluding hydrogens is 248 g/mol. The highest BCUT2D eigenvalue weighted by atomic mass is 16.5. The largest absolute Gasteiger partial charge is 0.380 e. The molecule has 0 spiro atoms. The van der Waals surface area contributed by atoms with Crippen LogP contribution in [0.4, 0.5) is 5.69 Å². The molecule has 0 aliphatic rings. The van der Waals surface area contributed by atoms with E-state index >= 15 is 0 Å². The van der Waals surface area contributed by atoms with E-state index in [1.807, 2.05) is 6.07 Å². The molecule has 3 nitrogen and oxygen atoms in total. The quantitative estimate of drug-likeness (QED) is 0.847. The number of methoxy groups -OCH3 is 1. The first-order chi connectivity index (χ1) is 9.72. The minimum Gasteiger partial charge on any atom is -0.380 e. The van der Waals surface area contributed by atoms with Crippen molar-refractivity contribution in [2.24, 2.45) is 5.73 Å². The van der Waals surface area contributed by atoms with E-state index in [1.165, 1.54) is 11.1 Å². The van der Waals surface area contributed by atoms with E-state index in [0.717, 1.165) is 11.3 Å². The SMILES string of the molecule is COCc1cccc(C(CN)Nc2ccc(C)cc2)c1. The number of aryl methyl sites for hydroxylation is 1. The summed E-state index contributed by atoms with van der Waals surface area (Å²) in [6.45, 7) is 3.25. The van der Waals surface area contributed by atoms with Crippen molar-refractivity contribution in [3.8, 4) is 0 Å².